The van der Waals surface area contributed by atoms with E-state index in [0.29, 0.717) is 30.9 Å². The molecule has 1 aliphatic rings. The summed E-state index contributed by atoms with van der Waals surface area (Å²) in [5, 5.41) is 4.16. The minimum atomic E-state index is -3.62. The van der Waals surface area contributed by atoms with E-state index in [1.54, 1.807) is 17.9 Å². The molecule has 0 radical (unpaired) electrons. The molecular weight excluding hydrogens is 446 g/mol. The van der Waals surface area contributed by atoms with Crippen molar-refractivity contribution >= 4 is 27.2 Å². The lowest BCUT2D eigenvalue weighted by molar-refractivity contribution is 0.182. The first-order valence-electron chi connectivity index (χ1n) is 10.8. The molecule has 3 rings (SSSR count). The SMILES string of the molecule is COCCn1c(CN(CCN(C)C)C(=S)NC2CC2)cnc1S(=O)(=O)Cc1ccccc1. The number of imidazole rings is 1. The first-order valence-corrected chi connectivity index (χ1v) is 12.9. The Morgan fingerprint density at radius 2 is 1.97 bits per heavy atom. The smallest absolute Gasteiger partial charge is 0.228 e. The lowest BCUT2D eigenvalue weighted by Crippen LogP contribution is -2.43. The molecule has 0 unspecified atom stereocenters. The predicted octanol–water partition coefficient (Wildman–Crippen LogP) is 1.90. The van der Waals surface area contributed by atoms with Crippen LogP contribution in [-0.4, -0.2) is 79.8 Å². The number of nitrogens with zero attached hydrogens (tertiary/aromatic N) is 4. The van der Waals surface area contributed by atoms with Gasteiger partial charge >= 0.3 is 0 Å². The highest BCUT2D eigenvalue weighted by molar-refractivity contribution is 7.90. The van der Waals surface area contributed by atoms with Crippen LogP contribution in [0, 0.1) is 0 Å². The van der Waals surface area contributed by atoms with Crippen LogP contribution in [-0.2, 0) is 33.4 Å². The van der Waals surface area contributed by atoms with Gasteiger partial charge in [0.05, 0.1) is 30.8 Å². The largest absolute Gasteiger partial charge is 0.383 e. The van der Waals surface area contributed by atoms with Crippen LogP contribution < -0.4 is 5.32 Å². The van der Waals surface area contributed by atoms with E-state index < -0.39 is 9.84 Å². The molecule has 0 atom stereocenters. The zero-order valence-corrected chi connectivity index (χ0v) is 20.7. The number of likely N-dealkylation sites (N-methyl/N-ethyl adjacent to an activating group) is 1. The first kappa shape index (κ1) is 24.6. The predicted molar refractivity (Wildman–Crippen MR) is 129 cm³/mol. The highest BCUT2D eigenvalue weighted by atomic mass is 32.2. The second kappa shape index (κ2) is 11.2. The van der Waals surface area contributed by atoms with Gasteiger partial charge in [-0.2, -0.15) is 0 Å². The van der Waals surface area contributed by atoms with Crippen LogP contribution in [0.5, 0.6) is 0 Å². The summed E-state index contributed by atoms with van der Waals surface area (Å²) in [5.74, 6) is -0.0940. The Balaban J connectivity index is 1.85. The highest BCUT2D eigenvalue weighted by Gasteiger charge is 2.27. The Morgan fingerprint density at radius 3 is 2.59 bits per heavy atom. The minimum absolute atomic E-state index is 0.0713. The number of aromatic nitrogens is 2. The fraction of sp³-hybridized carbons (Fsp3) is 0.545. The van der Waals surface area contributed by atoms with E-state index in [1.807, 2.05) is 44.4 Å². The van der Waals surface area contributed by atoms with Gasteiger partial charge in [-0.3, -0.25) is 0 Å². The number of hydrogen-bond acceptors (Lipinski definition) is 6. The van der Waals surface area contributed by atoms with Gasteiger partial charge in [-0.05, 0) is 44.7 Å². The van der Waals surface area contributed by atoms with Crippen molar-refractivity contribution in [3.63, 3.8) is 0 Å². The molecule has 0 spiro atoms. The molecule has 32 heavy (non-hydrogen) atoms. The van der Waals surface area contributed by atoms with Crippen molar-refractivity contribution in [2.75, 3.05) is 40.9 Å². The van der Waals surface area contributed by atoms with Crippen molar-refractivity contribution in [2.24, 2.45) is 0 Å². The van der Waals surface area contributed by atoms with Crippen LogP contribution in [0.3, 0.4) is 0 Å². The fourth-order valence-corrected chi connectivity index (χ4v) is 5.15. The Labute approximate surface area is 196 Å². The summed E-state index contributed by atoms with van der Waals surface area (Å²) in [5.41, 5.74) is 1.53. The maximum atomic E-state index is 13.2. The molecule has 0 saturated heterocycles. The quantitative estimate of drug-likeness (QED) is 0.463. The molecule has 2 aromatic rings. The Hall–Kier alpha value is -2.01. The zero-order chi connectivity index (χ0) is 23.1. The van der Waals surface area contributed by atoms with Crippen LogP contribution >= 0.6 is 12.2 Å². The van der Waals surface area contributed by atoms with Crippen molar-refractivity contribution in [2.45, 2.75) is 42.9 Å². The van der Waals surface area contributed by atoms with E-state index in [9.17, 15) is 8.42 Å². The van der Waals surface area contributed by atoms with Gasteiger partial charge in [0.15, 0.2) is 5.11 Å². The molecule has 1 aromatic heterocycles. The van der Waals surface area contributed by atoms with E-state index in [0.717, 1.165) is 37.2 Å². The van der Waals surface area contributed by atoms with Crippen molar-refractivity contribution in [1.29, 1.82) is 0 Å². The van der Waals surface area contributed by atoms with E-state index in [-0.39, 0.29) is 10.9 Å². The summed E-state index contributed by atoms with van der Waals surface area (Å²) in [4.78, 5) is 8.52. The third-order valence-corrected chi connectivity index (χ3v) is 7.23. The van der Waals surface area contributed by atoms with Gasteiger partial charge in [0.1, 0.15) is 0 Å². The maximum absolute atomic E-state index is 13.2. The molecule has 0 amide bonds. The van der Waals surface area contributed by atoms with E-state index in [2.05, 4.69) is 20.1 Å². The monoisotopic (exact) mass is 479 g/mol. The number of sulfone groups is 1. The minimum Gasteiger partial charge on any atom is -0.383 e. The molecule has 1 N–H and O–H groups in total. The van der Waals surface area contributed by atoms with Gasteiger partial charge in [0.25, 0.3) is 0 Å². The molecular formula is C22H33N5O3S2. The third kappa shape index (κ3) is 6.99. The number of thiocarbonyl (C=S) groups is 1. The van der Waals surface area contributed by atoms with Gasteiger partial charge in [0, 0.05) is 32.8 Å². The summed E-state index contributed by atoms with van der Waals surface area (Å²) in [7, 11) is 2.02. The standard InChI is InChI=1S/C22H33N5O3S2/c1-25(2)11-12-26(21(31)24-19-9-10-19)16-20-15-23-22(27(20)13-14-30-3)32(28,29)17-18-7-5-4-6-8-18/h4-8,15,19H,9-14,16-17H2,1-3H3,(H,24,31). The number of rotatable bonds is 12. The molecule has 1 aliphatic carbocycles. The summed E-state index contributed by atoms with van der Waals surface area (Å²) >= 11 is 5.66. The topological polar surface area (TPSA) is 79.7 Å². The van der Waals surface area contributed by atoms with Crippen molar-refractivity contribution in [1.82, 2.24) is 24.7 Å². The summed E-state index contributed by atoms with van der Waals surface area (Å²) < 4.78 is 33.4. The number of benzene rings is 1. The van der Waals surface area contributed by atoms with E-state index in [1.165, 1.54) is 0 Å². The van der Waals surface area contributed by atoms with Crippen LogP contribution in [0.1, 0.15) is 24.1 Å². The summed E-state index contributed by atoms with van der Waals surface area (Å²) in [6.07, 6.45) is 3.92. The van der Waals surface area contributed by atoms with Crippen molar-refractivity contribution in [3.8, 4) is 0 Å². The number of nitrogens with one attached hydrogen (secondary N) is 1. The Morgan fingerprint density at radius 1 is 1.25 bits per heavy atom. The van der Waals surface area contributed by atoms with Gasteiger partial charge in [-0.1, -0.05) is 30.3 Å². The lowest BCUT2D eigenvalue weighted by Gasteiger charge is -2.27. The van der Waals surface area contributed by atoms with Crippen LogP contribution in [0.15, 0.2) is 41.7 Å². The van der Waals surface area contributed by atoms with Crippen molar-refractivity contribution in [3.05, 3.63) is 47.8 Å². The Kier molecular flexibility index (Phi) is 8.64. The summed E-state index contributed by atoms with van der Waals surface area (Å²) in [6, 6.07) is 9.62. The molecule has 1 saturated carbocycles. The van der Waals surface area contributed by atoms with Crippen LogP contribution in [0.2, 0.25) is 0 Å². The second-order valence-electron chi connectivity index (χ2n) is 8.37. The van der Waals surface area contributed by atoms with Gasteiger partial charge in [-0.15, -0.1) is 0 Å². The molecule has 176 valence electrons. The van der Waals surface area contributed by atoms with E-state index >= 15 is 0 Å². The molecule has 8 nitrogen and oxygen atoms in total. The molecule has 10 heteroatoms. The first-order chi connectivity index (χ1) is 15.3. The number of methoxy groups -OCH3 is 1. The normalized spacial score (nSPS) is 14.0. The van der Waals surface area contributed by atoms with Crippen LogP contribution in [0.4, 0.5) is 0 Å². The molecule has 0 aliphatic heterocycles. The Bertz CT molecular complexity index is 988. The lowest BCUT2D eigenvalue weighted by atomic mass is 10.2. The molecule has 1 fully saturated rings. The second-order valence-corrected chi connectivity index (χ2v) is 10.6. The van der Waals surface area contributed by atoms with E-state index in [4.69, 9.17) is 17.0 Å². The molecule has 0 bridgehead atoms. The molecule has 1 heterocycles. The maximum Gasteiger partial charge on any atom is 0.228 e. The fourth-order valence-electron chi connectivity index (χ4n) is 3.31. The van der Waals surface area contributed by atoms with Gasteiger partial charge in [-0.25, -0.2) is 13.4 Å². The van der Waals surface area contributed by atoms with Gasteiger partial charge in [0.2, 0.25) is 15.0 Å². The molecule has 1 aromatic carbocycles. The van der Waals surface area contributed by atoms with Crippen molar-refractivity contribution < 1.29 is 13.2 Å². The third-order valence-electron chi connectivity index (χ3n) is 5.26. The number of hydrogen-bond donors (Lipinski definition) is 1. The average molecular weight is 480 g/mol. The number of ether oxygens (including phenoxy) is 1. The van der Waals surface area contributed by atoms with Gasteiger partial charge < -0.3 is 24.4 Å². The zero-order valence-electron chi connectivity index (χ0n) is 19.0. The highest BCUT2D eigenvalue weighted by Crippen LogP contribution is 2.21. The summed E-state index contributed by atoms with van der Waals surface area (Å²) in [6.45, 7) is 2.83. The van der Waals surface area contributed by atoms with Crippen LogP contribution in [0.25, 0.3) is 0 Å². The average Bonchev–Trinajstić information content (AvgIpc) is 3.46.